The molecule has 8 nitrogen and oxygen atoms in total. The van der Waals surface area contributed by atoms with E-state index in [1.165, 1.54) is 13.8 Å². The average molecular weight is 400 g/mol. The van der Waals surface area contributed by atoms with Gasteiger partial charge >= 0.3 is 5.97 Å². The maximum absolute atomic E-state index is 12.5. The molecule has 0 unspecified atom stereocenters. The van der Waals surface area contributed by atoms with E-state index in [9.17, 15) is 24.0 Å². The van der Waals surface area contributed by atoms with Crippen molar-refractivity contribution >= 4 is 35.2 Å². The molecule has 154 valence electrons. The number of rotatable bonds is 6. The van der Waals surface area contributed by atoms with Crippen LogP contribution in [-0.4, -0.2) is 47.0 Å². The molecule has 2 aliphatic rings. The van der Waals surface area contributed by atoms with Crippen molar-refractivity contribution in [2.45, 2.75) is 45.6 Å². The highest BCUT2D eigenvalue weighted by Crippen LogP contribution is 2.38. The number of nitrogens with one attached hydrogen (secondary N) is 1. The second-order valence-corrected chi connectivity index (χ2v) is 7.51. The van der Waals surface area contributed by atoms with Crippen LogP contribution in [0.15, 0.2) is 24.3 Å². The van der Waals surface area contributed by atoms with Gasteiger partial charge in [-0.15, -0.1) is 0 Å². The van der Waals surface area contributed by atoms with E-state index < -0.39 is 24.5 Å². The number of esters is 1. The Bertz CT molecular complexity index is 823. The highest BCUT2D eigenvalue weighted by molar-refractivity contribution is 6.08. The molecule has 0 radical (unpaired) electrons. The second kappa shape index (κ2) is 8.55. The number of ketones is 1. The van der Waals surface area contributed by atoms with E-state index in [4.69, 9.17) is 4.74 Å². The largest absolute Gasteiger partial charge is 0.454 e. The zero-order chi connectivity index (χ0) is 21.1. The van der Waals surface area contributed by atoms with Gasteiger partial charge in [-0.05, 0) is 51.0 Å². The molecular formula is C21H24N2O6. The number of nitrogens with zero attached hydrogens (tertiary/aromatic N) is 1. The minimum Gasteiger partial charge on any atom is -0.454 e. The standard InChI is InChI=1S/C21H24N2O6/c1-12(23-19(26)16-5-3-4-6-17(16)20(23)27)21(28)29-11-18(25)22-15-9-7-14(8-10-15)13(2)24/h7-10,12,16-17H,3-6,11H2,1-2H3,(H,22,25)/t12-,16+,17+/m0/s1. The molecule has 1 aromatic carbocycles. The third-order valence-electron chi connectivity index (χ3n) is 5.52. The quantitative estimate of drug-likeness (QED) is 0.444. The number of amides is 3. The molecule has 1 saturated heterocycles. The Morgan fingerprint density at radius 3 is 2.14 bits per heavy atom. The first-order valence-corrected chi connectivity index (χ1v) is 9.74. The molecule has 0 aromatic heterocycles. The number of likely N-dealkylation sites (tertiary alicyclic amines) is 1. The Hall–Kier alpha value is -3.03. The van der Waals surface area contributed by atoms with E-state index >= 15 is 0 Å². The number of benzene rings is 1. The van der Waals surface area contributed by atoms with Crippen LogP contribution >= 0.6 is 0 Å². The molecule has 1 aromatic rings. The molecule has 3 amide bonds. The molecule has 1 heterocycles. The van der Waals surface area contributed by atoms with Gasteiger partial charge in [0.1, 0.15) is 6.04 Å². The van der Waals surface area contributed by atoms with Gasteiger partial charge in [-0.3, -0.25) is 24.1 Å². The minimum atomic E-state index is -1.07. The van der Waals surface area contributed by atoms with Crippen LogP contribution in [0.1, 0.15) is 49.9 Å². The van der Waals surface area contributed by atoms with E-state index in [1.807, 2.05) is 0 Å². The number of fused-ring (bicyclic) bond motifs is 1. The lowest BCUT2D eigenvalue weighted by Gasteiger charge is -2.21. The van der Waals surface area contributed by atoms with Gasteiger partial charge in [-0.1, -0.05) is 12.8 Å². The van der Waals surface area contributed by atoms with Gasteiger partial charge in [-0.2, -0.15) is 0 Å². The van der Waals surface area contributed by atoms with Gasteiger partial charge < -0.3 is 10.1 Å². The summed E-state index contributed by atoms with van der Waals surface area (Å²) >= 11 is 0. The molecule has 8 heteroatoms. The van der Waals surface area contributed by atoms with Crippen molar-refractivity contribution in [2.24, 2.45) is 11.8 Å². The molecule has 1 aliphatic heterocycles. The topological polar surface area (TPSA) is 110 Å². The Balaban J connectivity index is 1.53. The van der Waals surface area contributed by atoms with Gasteiger partial charge in [0.25, 0.3) is 5.91 Å². The first kappa shape index (κ1) is 20.7. The number of hydrogen-bond donors (Lipinski definition) is 1. The molecule has 29 heavy (non-hydrogen) atoms. The Labute approximate surface area is 168 Å². The van der Waals surface area contributed by atoms with Crippen molar-refractivity contribution < 1.29 is 28.7 Å². The summed E-state index contributed by atoms with van der Waals surface area (Å²) in [4.78, 5) is 61.7. The summed E-state index contributed by atoms with van der Waals surface area (Å²) in [5.41, 5.74) is 0.974. The first-order chi connectivity index (χ1) is 13.8. The molecule has 3 atom stereocenters. The summed E-state index contributed by atoms with van der Waals surface area (Å²) in [6, 6.07) is 5.24. The van der Waals surface area contributed by atoms with Gasteiger partial charge in [0.15, 0.2) is 12.4 Å². The molecule has 0 bridgehead atoms. The lowest BCUT2D eigenvalue weighted by Crippen LogP contribution is -2.45. The van der Waals surface area contributed by atoms with Crippen molar-refractivity contribution in [2.75, 3.05) is 11.9 Å². The van der Waals surface area contributed by atoms with E-state index in [2.05, 4.69) is 5.32 Å². The average Bonchev–Trinajstić information content (AvgIpc) is 2.96. The highest BCUT2D eigenvalue weighted by Gasteiger charge is 2.51. The summed E-state index contributed by atoms with van der Waals surface area (Å²) in [6.07, 6.45) is 3.14. The maximum atomic E-state index is 12.5. The second-order valence-electron chi connectivity index (χ2n) is 7.51. The fourth-order valence-corrected chi connectivity index (χ4v) is 3.92. The van der Waals surface area contributed by atoms with Crippen LogP contribution < -0.4 is 5.32 Å². The third-order valence-corrected chi connectivity index (χ3v) is 5.52. The van der Waals surface area contributed by atoms with Crippen LogP contribution in [0.2, 0.25) is 0 Å². The maximum Gasteiger partial charge on any atom is 0.329 e. The minimum absolute atomic E-state index is 0.0864. The SMILES string of the molecule is CC(=O)c1ccc(NC(=O)COC(=O)[C@H](C)N2C(=O)[C@@H]3CCCC[C@H]3C2=O)cc1. The van der Waals surface area contributed by atoms with E-state index in [-0.39, 0.29) is 29.4 Å². The van der Waals surface area contributed by atoms with Crippen molar-refractivity contribution in [1.29, 1.82) is 0 Å². The number of carbonyl (C=O) groups is 5. The number of anilines is 1. The zero-order valence-electron chi connectivity index (χ0n) is 16.5. The van der Waals surface area contributed by atoms with Crippen molar-refractivity contribution in [3.05, 3.63) is 29.8 Å². The molecule has 1 N–H and O–H groups in total. The van der Waals surface area contributed by atoms with E-state index in [0.29, 0.717) is 24.1 Å². The Morgan fingerprint density at radius 1 is 1.07 bits per heavy atom. The van der Waals surface area contributed by atoms with Crippen molar-refractivity contribution in [3.8, 4) is 0 Å². The van der Waals surface area contributed by atoms with Gasteiger partial charge in [-0.25, -0.2) is 4.79 Å². The van der Waals surface area contributed by atoms with E-state index in [0.717, 1.165) is 17.7 Å². The van der Waals surface area contributed by atoms with Crippen LogP contribution in [0, 0.1) is 11.8 Å². The summed E-state index contributed by atoms with van der Waals surface area (Å²) in [6.45, 7) is 2.34. The van der Waals surface area contributed by atoms with Crippen LogP contribution in [0.3, 0.4) is 0 Å². The lowest BCUT2D eigenvalue weighted by atomic mass is 9.81. The number of carbonyl (C=O) groups excluding carboxylic acids is 5. The van der Waals surface area contributed by atoms with Crippen LogP contribution in [0.4, 0.5) is 5.69 Å². The molecule has 0 spiro atoms. The van der Waals surface area contributed by atoms with Gasteiger partial charge in [0, 0.05) is 11.3 Å². The number of hydrogen-bond acceptors (Lipinski definition) is 6. The summed E-state index contributed by atoms with van der Waals surface area (Å²) in [7, 11) is 0. The summed E-state index contributed by atoms with van der Waals surface area (Å²) in [5.74, 6) is -2.77. The van der Waals surface area contributed by atoms with E-state index in [1.54, 1.807) is 24.3 Å². The normalized spacial score (nSPS) is 22.1. The van der Waals surface area contributed by atoms with Crippen LogP contribution in [0.5, 0.6) is 0 Å². The number of imide groups is 1. The Kier molecular flexibility index (Phi) is 6.10. The molecular weight excluding hydrogens is 376 g/mol. The molecule has 2 fully saturated rings. The predicted octanol–water partition coefficient (Wildman–Crippen LogP) is 1.93. The monoisotopic (exact) mass is 400 g/mol. The Morgan fingerprint density at radius 2 is 1.62 bits per heavy atom. The smallest absolute Gasteiger partial charge is 0.329 e. The molecule has 3 rings (SSSR count). The van der Waals surface area contributed by atoms with Crippen LogP contribution in [-0.2, 0) is 23.9 Å². The summed E-state index contributed by atoms with van der Waals surface area (Å²) in [5, 5.41) is 2.56. The van der Waals surface area contributed by atoms with Crippen LogP contribution in [0.25, 0.3) is 0 Å². The van der Waals surface area contributed by atoms with Crippen molar-refractivity contribution in [3.63, 3.8) is 0 Å². The summed E-state index contributed by atoms with van der Waals surface area (Å²) < 4.78 is 5.01. The van der Waals surface area contributed by atoms with Crippen molar-refractivity contribution in [1.82, 2.24) is 4.90 Å². The number of Topliss-reactive ketones (excluding diaryl/α,β-unsaturated/α-hetero) is 1. The zero-order valence-corrected chi connectivity index (χ0v) is 16.5. The fourth-order valence-electron chi connectivity index (χ4n) is 3.92. The first-order valence-electron chi connectivity index (χ1n) is 9.74. The third kappa shape index (κ3) is 4.36. The number of ether oxygens (including phenoxy) is 1. The highest BCUT2D eigenvalue weighted by atomic mass is 16.5. The molecule has 1 aliphatic carbocycles. The predicted molar refractivity (Wildman–Crippen MR) is 103 cm³/mol. The van der Waals surface area contributed by atoms with Gasteiger partial charge in [0.05, 0.1) is 11.8 Å². The fraction of sp³-hybridized carbons (Fsp3) is 0.476. The van der Waals surface area contributed by atoms with Gasteiger partial charge in [0.2, 0.25) is 11.8 Å². The lowest BCUT2D eigenvalue weighted by molar-refractivity contribution is -0.159. The molecule has 1 saturated carbocycles.